The van der Waals surface area contributed by atoms with Crippen LogP contribution in [0.1, 0.15) is 74.7 Å². The average Bonchev–Trinajstić information content (AvgIpc) is 3.13. The molecule has 2 aromatic rings. The number of rotatable bonds is 23. The number of carbonyl (C=O) groups excluding carboxylic acids is 5. The van der Waals surface area contributed by atoms with Gasteiger partial charge in [0.1, 0.15) is 24.2 Å². The maximum Gasteiger partial charge on any atom is 0.490 e. The van der Waals surface area contributed by atoms with E-state index in [9.17, 15) is 49.0 Å². The van der Waals surface area contributed by atoms with E-state index >= 15 is 0 Å². The molecule has 2 rings (SSSR count). The Balaban J connectivity index is 2.12. The topological polar surface area (TPSA) is 322 Å². The van der Waals surface area contributed by atoms with Crippen LogP contribution in [-0.2, 0) is 30.4 Å². The van der Waals surface area contributed by atoms with Gasteiger partial charge in [0, 0.05) is 12.0 Å². The van der Waals surface area contributed by atoms with Gasteiger partial charge in [0.05, 0.1) is 6.10 Å². The van der Waals surface area contributed by atoms with E-state index in [1.54, 1.807) is 24.3 Å². The minimum atomic E-state index is -2.09. The summed E-state index contributed by atoms with van der Waals surface area (Å²) in [5, 5.41) is 49.4. The number of amides is 5. The van der Waals surface area contributed by atoms with E-state index < -0.39 is 85.5 Å². The van der Waals surface area contributed by atoms with E-state index in [2.05, 4.69) is 33.5 Å². The van der Waals surface area contributed by atoms with Gasteiger partial charge in [-0.15, -0.1) is 0 Å². The standard InChI is InChI=1S/C35H53BN8O10/c1-3-4-7-21-9-11-22(12-10-21)23-13-15-24(16-14-23)30(48)40-26(17-18-27(46)47)31(49)42-28(20(2)45)33(51)43-29(38)34(52)41-25(8-5-6-19-37)32(50)44-35(39)36(53)54/h9-16,20,25-26,28-29,35,45,53-54H,3-8,17-19,37-39H2,1-2H3,(H,40,48)(H,41,52)(H,42,49)(H,43,51)(H,44,50)(H,46,47)/t20-,25+,26+,28+,29-,35-/m1/s1. The third-order valence-electron chi connectivity index (χ3n) is 8.37. The quantitative estimate of drug-likeness (QED) is 0.0331. The van der Waals surface area contributed by atoms with Crippen molar-refractivity contribution in [3.63, 3.8) is 0 Å². The lowest BCUT2D eigenvalue weighted by Gasteiger charge is -2.26. The van der Waals surface area contributed by atoms with Crippen molar-refractivity contribution in [1.82, 2.24) is 26.6 Å². The van der Waals surface area contributed by atoms with Gasteiger partial charge >= 0.3 is 13.1 Å². The number of benzene rings is 2. The summed E-state index contributed by atoms with van der Waals surface area (Å²) >= 11 is 0. The predicted octanol–water partition coefficient (Wildman–Crippen LogP) is -2.05. The van der Waals surface area contributed by atoms with Gasteiger partial charge in [-0.05, 0) is 80.8 Å². The van der Waals surface area contributed by atoms with Crippen molar-refractivity contribution in [3.05, 3.63) is 59.7 Å². The van der Waals surface area contributed by atoms with Crippen LogP contribution in [0.4, 0.5) is 0 Å². The molecule has 15 N–H and O–H groups in total. The summed E-state index contributed by atoms with van der Waals surface area (Å²) in [5.74, 6) is -5.98. The molecule has 2 aromatic carbocycles. The molecule has 0 aromatic heterocycles. The zero-order chi connectivity index (χ0) is 40.4. The van der Waals surface area contributed by atoms with E-state index in [4.69, 9.17) is 17.2 Å². The Morgan fingerprint density at radius 2 is 1.30 bits per heavy atom. The number of carboxylic acid groups (broad SMARTS) is 1. The monoisotopic (exact) mass is 756 g/mol. The van der Waals surface area contributed by atoms with Crippen LogP contribution < -0.4 is 43.8 Å². The minimum absolute atomic E-state index is 0.0522. The van der Waals surface area contributed by atoms with Gasteiger partial charge in [0.15, 0.2) is 6.17 Å². The molecule has 0 aliphatic heterocycles. The fourth-order valence-electron chi connectivity index (χ4n) is 5.17. The van der Waals surface area contributed by atoms with Crippen molar-refractivity contribution in [1.29, 1.82) is 0 Å². The second-order valence-corrected chi connectivity index (χ2v) is 12.8. The Morgan fingerprint density at radius 3 is 1.83 bits per heavy atom. The Hall–Kier alpha value is -4.92. The van der Waals surface area contributed by atoms with E-state index in [1.807, 2.05) is 24.3 Å². The van der Waals surface area contributed by atoms with Gasteiger partial charge in [0.2, 0.25) is 17.7 Å². The van der Waals surface area contributed by atoms with Crippen LogP contribution in [0.3, 0.4) is 0 Å². The lowest BCUT2D eigenvalue weighted by molar-refractivity contribution is -0.138. The number of hydrogen-bond acceptors (Lipinski definition) is 12. The lowest BCUT2D eigenvalue weighted by Crippen LogP contribution is -2.63. The molecular formula is C35H53BN8O10. The molecule has 0 bridgehead atoms. The lowest BCUT2D eigenvalue weighted by atomic mass is 9.86. The van der Waals surface area contributed by atoms with Crippen molar-refractivity contribution >= 4 is 42.6 Å². The first-order valence-electron chi connectivity index (χ1n) is 17.8. The second-order valence-electron chi connectivity index (χ2n) is 12.8. The third-order valence-corrected chi connectivity index (χ3v) is 8.37. The number of nitrogens with two attached hydrogens (primary N) is 3. The van der Waals surface area contributed by atoms with Gasteiger partial charge in [-0.3, -0.25) is 28.8 Å². The van der Waals surface area contributed by atoms with Gasteiger partial charge in [0.25, 0.3) is 11.8 Å². The zero-order valence-electron chi connectivity index (χ0n) is 30.5. The second kappa shape index (κ2) is 23.0. The van der Waals surface area contributed by atoms with Crippen LogP contribution in [0.25, 0.3) is 11.1 Å². The normalized spacial score (nSPS) is 14.3. The molecule has 0 saturated carbocycles. The fourth-order valence-corrected chi connectivity index (χ4v) is 5.17. The van der Waals surface area contributed by atoms with Gasteiger partial charge in [-0.1, -0.05) is 49.7 Å². The first-order chi connectivity index (χ1) is 25.6. The van der Waals surface area contributed by atoms with Gasteiger partial charge in [-0.2, -0.15) is 0 Å². The third kappa shape index (κ3) is 15.2. The maximum absolute atomic E-state index is 13.4. The first kappa shape index (κ1) is 45.2. The highest BCUT2D eigenvalue weighted by molar-refractivity contribution is 6.43. The van der Waals surface area contributed by atoms with Crippen molar-refractivity contribution in [2.24, 2.45) is 17.2 Å². The molecule has 0 spiro atoms. The zero-order valence-corrected chi connectivity index (χ0v) is 30.5. The summed E-state index contributed by atoms with van der Waals surface area (Å²) in [6, 6.07) is 8.65. The van der Waals surface area contributed by atoms with Crippen molar-refractivity contribution in [3.8, 4) is 11.1 Å². The highest BCUT2D eigenvalue weighted by Gasteiger charge is 2.33. The Kier molecular flexibility index (Phi) is 19.3. The number of aliphatic carboxylic acids is 1. The molecule has 18 nitrogen and oxygen atoms in total. The molecule has 0 aliphatic carbocycles. The van der Waals surface area contributed by atoms with Crippen LogP contribution in [-0.4, -0.2) is 106 Å². The van der Waals surface area contributed by atoms with Crippen LogP contribution in [0.2, 0.25) is 0 Å². The fraction of sp³-hybridized carbons (Fsp3) is 0.486. The molecule has 296 valence electrons. The van der Waals surface area contributed by atoms with Crippen molar-refractivity contribution in [2.75, 3.05) is 6.54 Å². The SMILES string of the molecule is CCCCc1ccc(-c2ccc(C(=O)N[C@@H](CCC(=O)O)C(=O)N[C@H](C(=O)N[C@@H](N)C(=O)N[C@@H](CCCCN)C(=O)N[C@@H](N)B(O)O)[C@@H](C)O)cc2)cc1. The van der Waals surface area contributed by atoms with Gasteiger partial charge < -0.3 is 64.0 Å². The molecule has 6 atom stereocenters. The number of carboxylic acids is 1. The number of unbranched alkanes of at least 4 members (excludes halogenated alkanes) is 2. The molecule has 19 heteroatoms. The molecule has 5 amide bonds. The number of aliphatic hydroxyl groups is 1. The molecule has 0 heterocycles. The number of aryl methyl sites for hydroxylation is 1. The smallest absolute Gasteiger partial charge is 0.481 e. The Morgan fingerprint density at radius 1 is 0.722 bits per heavy atom. The van der Waals surface area contributed by atoms with Gasteiger partial charge in [-0.25, -0.2) is 0 Å². The minimum Gasteiger partial charge on any atom is -0.481 e. The molecule has 0 unspecified atom stereocenters. The molecule has 0 saturated heterocycles. The number of aliphatic hydroxyl groups excluding tert-OH is 1. The van der Waals surface area contributed by atoms with Crippen LogP contribution in [0, 0.1) is 0 Å². The largest absolute Gasteiger partial charge is 0.490 e. The van der Waals surface area contributed by atoms with Crippen LogP contribution in [0.15, 0.2) is 48.5 Å². The predicted molar refractivity (Wildman–Crippen MR) is 199 cm³/mol. The summed E-state index contributed by atoms with van der Waals surface area (Å²) in [7, 11) is -2.09. The summed E-state index contributed by atoms with van der Waals surface area (Å²) in [6.07, 6.45) is -0.174. The van der Waals surface area contributed by atoms with Crippen LogP contribution in [0.5, 0.6) is 0 Å². The van der Waals surface area contributed by atoms with Crippen LogP contribution >= 0.6 is 0 Å². The van der Waals surface area contributed by atoms with E-state index in [0.29, 0.717) is 19.4 Å². The van der Waals surface area contributed by atoms with E-state index in [-0.39, 0.29) is 18.4 Å². The molecule has 0 aliphatic rings. The molecule has 54 heavy (non-hydrogen) atoms. The maximum atomic E-state index is 13.4. The number of carbonyl (C=O) groups is 6. The number of nitrogens with one attached hydrogen (secondary N) is 5. The molecule has 0 fully saturated rings. The van der Waals surface area contributed by atoms with E-state index in [0.717, 1.165) is 37.3 Å². The molecular weight excluding hydrogens is 703 g/mol. The Labute approximate surface area is 314 Å². The number of hydrogen-bond donors (Lipinski definition) is 12. The van der Waals surface area contributed by atoms with Crippen molar-refractivity contribution < 1.29 is 49.0 Å². The average molecular weight is 757 g/mol. The highest BCUT2D eigenvalue weighted by atomic mass is 16.4. The van der Waals surface area contributed by atoms with Crippen molar-refractivity contribution in [2.45, 2.75) is 102 Å². The summed E-state index contributed by atoms with van der Waals surface area (Å²) in [5.41, 5.74) is 20.0. The van der Waals surface area contributed by atoms with E-state index in [1.165, 1.54) is 5.56 Å². The summed E-state index contributed by atoms with van der Waals surface area (Å²) < 4.78 is 0. The summed E-state index contributed by atoms with van der Waals surface area (Å²) in [4.78, 5) is 76.6. The first-order valence-corrected chi connectivity index (χ1v) is 17.8. The highest BCUT2D eigenvalue weighted by Crippen LogP contribution is 2.21. The Bertz CT molecular complexity index is 1550. The molecule has 0 radical (unpaired) electrons. The summed E-state index contributed by atoms with van der Waals surface area (Å²) in [6.45, 7) is 3.59.